The quantitative estimate of drug-likeness (QED) is 0.794. The number of ether oxygens (including phenoxy) is 1. The van der Waals surface area contributed by atoms with Crippen LogP contribution in [-0.2, 0) is 16.0 Å². The number of hydrogen-bond acceptors (Lipinski definition) is 3. The number of rotatable bonds is 8. The number of nitrogens with one attached hydrogen (secondary N) is 1. The molecule has 1 aromatic carbocycles. The molecule has 1 N–H and O–H groups in total. The molecule has 1 fully saturated rings. The van der Waals surface area contributed by atoms with Crippen molar-refractivity contribution in [1.82, 2.24) is 10.2 Å². The average molecular weight is 332 g/mol. The van der Waals surface area contributed by atoms with Crippen LogP contribution >= 0.6 is 0 Å². The Morgan fingerprint density at radius 1 is 1.33 bits per heavy atom. The number of carbonyl (C=O) groups is 2. The van der Waals surface area contributed by atoms with Gasteiger partial charge in [0.1, 0.15) is 5.75 Å². The highest BCUT2D eigenvalue weighted by Gasteiger charge is 2.33. The molecule has 0 spiro atoms. The Bertz CT molecular complexity index is 554. The summed E-state index contributed by atoms with van der Waals surface area (Å²) in [7, 11) is 1.64. The van der Waals surface area contributed by atoms with Crippen molar-refractivity contribution < 1.29 is 14.3 Å². The number of carbonyl (C=O) groups excluding carboxylic acids is 2. The van der Waals surface area contributed by atoms with Crippen LogP contribution in [0.15, 0.2) is 24.3 Å². The van der Waals surface area contributed by atoms with Crippen LogP contribution in [-0.4, -0.2) is 43.5 Å². The van der Waals surface area contributed by atoms with Gasteiger partial charge in [0.15, 0.2) is 0 Å². The molecule has 1 aliphatic heterocycles. The summed E-state index contributed by atoms with van der Waals surface area (Å²) in [6, 6.07) is 7.86. The largest absolute Gasteiger partial charge is 0.497 e. The Hall–Kier alpha value is -2.04. The van der Waals surface area contributed by atoms with Gasteiger partial charge < -0.3 is 15.0 Å². The molecular formula is C19H28N2O3. The van der Waals surface area contributed by atoms with Crippen LogP contribution in [0, 0.1) is 11.8 Å². The van der Waals surface area contributed by atoms with Crippen LogP contribution in [0.1, 0.15) is 32.3 Å². The van der Waals surface area contributed by atoms with Crippen molar-refractivity contribution in [1.29, 1.82) is 0 Å². The molecule has 0 aromatic heterocycles. The topological polar surface area (TPSA) is 58.6 Å². The van der Waals surface area contributed by atoms with Crippen LogP contribution in [0.3, 0.4) is 0 Å². The van der Waals surface area contributed by atoms with Gasteiger partial charge in [-0.25, -0.2) is 0 Å². The van der Waals surface area contributed by atoms with Gasteiger partial charge in [-0.1, -0.05) is 26.0 Å². The summed E-state index contributed by atoms with van der Waals surface area (Å²) in [6.07, 6.45) is 2.08. The highest BCUT2D eigenvalue weighted by molar-refractivity contribution is 5.89. The van der Waals surface area contributed by atoms with Gasteiger partial charge in [0, 0.05) is 26.1 Å². The zero-order valence-electron chi connectivity index (χ0n) is 14.9. The molecule has 1 unspecified atom stereocenters. The Kier molecular flexibility index (Phi) is 6.64. The summed E-state index contributed by atoms with van der Waals surface area (Å²) in [5.41, 5.74) is 1.16. The van der Waals surface area contributed by atoms with Crippen molar-refractivity contribution in [3.63, 3.8) is 0 Å². The SMILES string of the molecule is COc1ccc(CCN2CC(C(=O)NCCC(C)C)CC2=O)cc1. The fraction of sp³-hybridized carbons (Fsp3) is 0.579. The second-order valence-corrected chi connectivity index (χ2v) is 6.81. The Morgan fingerprint density at radius 3 is 2.67 bits per heavy atom. The molecule has 132 valence electrons. The smallest absolute Gasteiger partial charge is 0.225 e. The van der Waals surface area contributed by atoms with Gasteiger partial charge in [-0.2, -0.15) is 0 Å². The minimum absolute atomic E-state index is 0.0101. The lowest BCUT2D eigenvalue weighted by Gasteiger charge is -2.17. The van der Waals surface area contributed by atoms with Crippen LogP contribution in [0.4, 0.5) is 0 Å². The molecule has 1 aromatic rings. The number of amides is 2. The fourth-order valence-corrected chi connectivity index (χ4v) is 2.85. The van der Waals surface area contributed by atoms with E-state index >= 15 is 0 Å². The first-order valence-electron chi connectivity index (χ1n) is 8.68. The van der Waals surface area contributed by atoms with E-state index < -0.39 is 0 Å². The summed E-state index contributed by atoms with van der Waals surface area (Å²) in [5.74, 6) is 1.27. The molecule has 1 heterocycles. The van der Waals surface area contributed by atoms with Gasteiger partial charge in [-0.3, -0.25) is 9.59 Å². The van der Waals surface area contributed by atoms with Crippen molar-refractivity contribution in [2.45, 2.75) is 33.1 Å². The van der Waals surface area contributed by atoms with E-state index in [0.717, 1.165) is 24.2 Å². The molecule has 1 atom stereocenters. The minimum Gasteiger partial charge on any atom is -0.497 e. The van der Waals surface area contributed by atoms with Crippen LogP contribution in [0.25, 0.3) is 0 Å². The fourth-order valence-electron chi connectivity index (χ4n) is 2.85. The normalized spacial score (nSPS) is 17.4. The molecule has 2 amide bonds. The molecule has 5 nitrogen and oxygen atoms in total. The van der Waals surface area contributed by atoms with Gasteiger partial charge in [0.05, 0.1) is 13.0 Å². The van der Waals surface area contributed by atoms with Crippen LogP contribution < -0.4 is 10.1 Å². The summed E-state index contributed by atoms with van der Waals surface area (Å²) in [6.45, 7) is 6.13. The van der Waals surface area contributed by atoms with Gasteiger partial charge in [-0.15, -0.1) is 0 Å². The zero-order chi connectivity index (χ0) is 17.5. The van der Waals surface area contributed by atoms with Crippen LogP contribution in [0.2, 0.25) is 0 Å². The maximum Gasteiger partial charge on any atom is 0.225 e. The third-order valence-electron chi connectivity index (χ3n) is 4.44. The van der Waals surface area contributed by atoms with Crippen molar-refractivity contribution >= 4 is 11.8 Å². The van der Waals surface area contributed by atoms with Gasteiger partial charge >= 0.3 is 0 Å². The average Bonchev–Trinajstić information content (AvgIpc) is 2.94. The number of benzene rings is 1. The standard InChI is InChI=1S/C19H28N2O3/c1-14(2)8-10-20-19(23)16-12-18(22)21(13-16)11-9-15-4-6-17(24-3)7-5-15/h4-7,14,16H,8-13H2,1-3H3,(H,20,23). The number of likely N-dealkylation sites (tertiary alicyclic amines) is 1. The molecule has 2 rings (SSSR count). The third kappa shape index (κ3) is 5.25. The van der Waals surface area contributed by atoms with Gasteiger partial charge in [0.2, 0.25) is 11.8 Å². The molecule has 0 saturated carbocycles. The van der Waals surface area contributed by atoms with Crippen molar-refractivity contribution in [3.8, 4) is 5.75 Å². The number of methoxy groups -OCH3 is 1. The molecule has 24 heavy (non-hydrogen) atoms. The second kappa shape index (κ2) is 8.71. The van der Waals surface area contributed by atoms with E-state index in [1.54, 1.807) is 12.0 Å². The van der Waals surface area contributed by atoms with E-state index in [2.05, 4.69) is 19.2 Å². The zero-order valence-corrected chi connectivity index (χ0v) is 14.9. The van der Waals surface area contributed by atoms with Crippen molar-refractivity contribution in [2.75, 3.05) is 26.7 Å². The molecule has 0 bridgehead atoms. The first-order chi connectivity index (χ1) is 11.5. The predicted molar refractivity (Wildman–Crippen MR) is 93.8 cm³/mol. The van der Waals surface area contributed by atoms with Gasteiger partial charge in [-0.05, 0) is 36.5 Å². The first-order valence-corrected chi connectivity index (χ1v) is 8.68. The van der Waals surface area contributed by atoms with Gasteiger partial charge in [0.25, 0.3) is 0 Å². The first kappa shape index (κ1) is 18.3. The Balaban J connectivity index is 1.78. The van der Waals surface area contributed by atoms with E-state index in [0.29, 0.717) is 32.0 Å². The van der Waals surface area contributed by atoms with Crippen molar-refractivity contribution in [2.24, 2.45) is 11.8 Å². The molecular weight excluding hydrogens is 304 g/mol. The molecule has 5 heteroatoms. The second-order valence-electron chi connectivity index (χ2n) is 6.81. The molecule has 1 saturated heterocycles. The van der Waals surface area contributed by atoms with E-state index in [-0.39, 0.29) is 17.7 Å². The van der Waals surface area contributed by atoms with E-state index in [1.165, 1.54) is 0 Å². The predicted octanol–water partition coefficient (Wildman–Crippen LogP) is 2.25. The minimum atomic E-state index is -0.208. The van der Waals surface area contributed by atoms with Crippen LogP contribution in [0.5, 0.6) is 5.75 Å². The molecule has 0 aliphatic carbocycles. The summed E-state index contributed by atoms with van der Waals surface area (Å²) >= 11 is 0. The highest BCUT2D eigenvalue weighted by atomic mass is 16.5. The molecule has 1 aliphatic rings. The lowest BCUT2D eigenvalue weighted by molar-refractivity contribution is -0.129. The summed E-state index contributed by atoms with van der Waals surface area (Å²) < 4.78 is 5.14. The third-order valence-corrected chi connectivity index (χ3v) is 4.44. The number of nitrogens with zero attached hydrogens (tertiary/aromatic N) is 1. The van der Waals surface area contributed by atoms with E-state index in [4.69, 9.17) is 4.74 Å². The van der Waals surface area contributed by atoms with E-state index in [1.807, 2.05) is 24.3 Å². The maximum absolute atomic E-state index is 12.2. The van der Waals surface area contributed by atoms with E-state index in [9.17, 15) is 9.59 Å². The lowest BCUT2D eigenvalue weighted by atomic mass is 10.1. The van der Waals surface area contributed by atoms with Crippen molar-refractivity contribution in [3.05, 3.63) is 29.8 Å². The number of hydrogen-bond donors (Lipinski definition) is 1. The summed E-state index contributed by atoms with van der Waals surface area (Å²) in [5, 5.41) is 2.95. The Labute approximate surface area is 144 Å². The lowest BCUT2D eigenvalue weighted by Crippen LogP contribution is -2.34. The Morgan fingerprint density at radius 2 is 2.04 bits per heavy atom. The molecule has 0 radical (unpaired) electrons. The highest BCUT2D eigenvalue weighted by Crippen LogP contribution is 2.19. The maximum atomic E-state index is 12.2. The summed E-state index contributed by atoms with van der Waals surface area (Å²) in [4.78, 5) is 26.1. The monoisotopic (exact) mass is 332 g/mol.